The van der Waals surface area contributed by atoms with E-state index in [1.165, 1.54) is 75.9 Å². The molecule has 0 spiro atoms. The number of carbonyl (C=O) groups excluding carboxylic acids is 2. The smallest absolute Gasteiger partial charge is 0.338 e. The maximum absolute atomic E-state index is 12.6. The predicted octanol–water partition coefficient (Wildman–Crippen LogP) is 0.283. The van der Waals surface area contributed by atoms with Crippen molar-refractivity contribution in [2.24, 2.45) is 0 Å². The topological polar surface area (TPSA) is 239 Å². The van der Waals surface area contributed by atoms with Crippen LogP contribution in [0.5, 0.6) is 28.7 Å². The molecule has 2 fully saturated rings. The number of hydrogen-bond donors (Lipinski definition) is 6. The van der Waals surface area contributed by atoms with Gasteiger partial charge in [0.25, 0.3) is 0 Å². The first-order chi connectivity index (χ1) is 24.9. The molecular weight excluding hydrogens is 692 g/mol. The number of carbonyl (C=O) groups is 2. The van der Waals surface area contributed by atoms with Crippen LogP contribution in [0.25, 0.3) is 0 Å². The quantitative estimate of drug-likeness (QED) is 0.122. The van der Waals surface area contributed by atoms with Crippen molar-refractivity contribution in [3.63, 3.8) is 0 Å². The summed E-state index contributed by atoms with van der Waals surface area (Å²) >= 11 is 0. The SMILES string of the molecule is COc1ccc(C(=O)OCC2(O)COC(OCC3OC(Oc4ccc(COC(=O)c5ccc(O)cc5)cc4OC)C(O)C(O)C3O)C2O)cc1OC. The molecule has 0 aliphatic carbocycles. The molecule has 3 aromatic rings. The van der Waals surface area contributed by atoms with Crippen molar-refractivity contribution in [2.75, 3.05) is 41.2 Å². The van der Waals surface area contributed by atoms with E-state index >= 15 is 0 Å². The lowest BCUT2D eigenvalue weighted by Gasteiger charge is -2.40. The molecule has 8 unspecified atom stereocenters. The Balaban J connectivity index is 1.15. The van der Waals surface area contributed by atoms with E-state index in [9.17, 15) is 40.2 Å². The van der Waals surface area contributed by atoms with E-state index in [-0.39, 0.29) is 40.7 Å². The van der Waals surface area contributed by atoms with Crippen molar-refractivity contribution < 1.29 is 82.9 Å². The minimum atomic E-state index is -2.06. The molecule has 0 bridgehead atoms. The highest BCUT2D eigenvalue weighted by Crippen LogP contribution is 2.34. The highest BCUT2D eigenvalue weighted by Gasteiger charge is 2.51. The lowest BCUT2D eigenvalue weighted by Crippen LogP contribution is -2.60. The van der Waals surface area contributed by atoms with Gasteiger partial charge in [-0.3, -0.25) is 0 Å². The summed E-state index contributed by atoms with van der Waals surface area (Å²) in [5.41, 5.74) is -1.19. The van der Waals surface area contributed by atoms with Crippen molar-refractivity contribution in [2.45, 2.75) is 55.3 Å². The van der Waals surface area contributed by atoms with Crippen molar-refractivity contribution >= 4 is 11.9 Å². The van der Waals surface area contributed by atoms with Crippen LogP contribution in [0.15, 0.2) is 60.7 Å². The van der Waals surface area contributed by atoms with Gasteiger partial charge in [-0.2, -0.15) is 0 Å². The summed E-state index contributed by atoms with van der Waals surface area (Å²) in [7, 11) is 4.19. The Bertz CT molecular complexity index is 1680. The van der Waals surface area contributed by atoms with Gasteiger partial charge in [-0.05, 0) is 60.2 Å². The summed E-state index contributed by atoms with van der Waals surface area (Å²) < 4.78 is 48.8. The van der Waals surface area contributed by atoms with E-state index in [0.29, 0.717) is 11.3 Å². The zero-order valence-corrected chi connectivity index (χ0v) is 28.3. The molecule has 17 nitrogen and oxygen atoms in total. The van der Waals surface area contributed by atoms with Gasteiger partial charge in [-0.25, -0.2) is 9.59 Å². The Kier molecular flexibility index (Phi) is 12.4. The Morgan fingerprint density at radius 1 is 0.750 bits per heavy atom. The molecule has 2 aliphatic rings. The van der Waals surface area contributed by atoms with Crippen LogP contribution in [0.2, 0.25) is 0 Å². The maximum atomic E-state index is 12.6. The van der Waals surface area contributed by atoms with Gasteiger partial charge in [0.15, 0.2) is 34.9 Å². The average molecular weight is 733 g/mol. The molecule has 8 atom stereocenters. The maximum Gasteiger partial charge on any atom is 0.338 e. The van der Waals surface area contributed by atoms with E-state index in [0.717, 1.165) is 0 Å². The number of aromatic hydroxyl groups is 1. The lowest BCUT2D eigenvalue weighted by molar-refractivity contribution is -0.289. The van der Waals surface area contributed by atoms with E-state index in [4.69, 9.17) is 42.6 Å². The number of rotatable bonds is 14. The number of ether oxygens (including phenoxy) is 9. The third-order valence-electron chi connectivity index (χ3n) is 8.42. The first kappa shape index (κ1) is 38.5. The van der Waals surface area contributed by atoms with Gasteiger partial charge in [0.1, 0.15) is 49.5 Å². The van der Waals surface area contributed by atoms with E-state index in [2.05, 4.69) is 0 Å². The van der Waals surface area contributed by atoms with Gasteiger partial charge in [-0.15, -0.1) is 0 Å². The minimum absolute atomic E-state index is 0.00464. The second-order valence-corrected chi connectivity index (χ2v) is 11.9. The number of phenols is 1. The Hall–Kier alpha value is -4.72. The monoisotopic (exact) mass is 732 g/mol. The van der Waals surface area contributed by atoms with Crippen LogP contribution in [0, 0.1) is 0 Å². The van der Waals surface area contributed by atoms with Crippen LogP contribution in [-0.2, 0) is 30.3 Å². The molecule has 2 heterocycles. The largest absolute Gasteiger partial charge is 0.508 e. The van der Waals surface area contributed by atoms with Gasteiger partial charge < -0.3 is 73.3 Å². The third-order valence-corrected chi connectivity index (χ3v) is 8.42. The predicted molar refractivity (Wildman–Crippen MR) is 174 cm³/mol. The van der Waals surface area contributed by atoms with Crippen molar-refractivity contribution in [3.05, 3.63) is 77.4 Å². The van der Waals surface area contributed by atoms with Crippen molar-refractivity contribution in [3.8, 4) is 28.7 Å². The number of benzene rings is 3. The van der Waals surface area contributed by atoms with Gasteiger partial charge in [0, 0.05) is 0 Å². The molecule has 6 N–H and O–H groups in total. The normalized spacial score (nSPS) is 27.0. The highest BCUT2D eigenvalue weighted by molar-refractivity contribution is 5.90. The highest BCUT2D eigenvalue weighted by atomic mass is 16.7. The summed E-state index contributed by atoms with van der Waals surface area (Å²) in [6, 6.07) is 14.4. The summed E-state index contributed by atoms with van der Waals surface area (Å²) in [6.45, 7) is -1.78. The molecule has 3 aromatic carbocycles. The summed E-state index contributed by atoms with van der Waals surface area (Å²) in [6.07, 6.45) is -11.2. The first-order valence-corrected chi connectivity index (χ1v) is 15.9. The molecule has 2 aliphatic heterocycles. The van der Waals surface area contributed by atoms with Crippen LogP contribution in [0.1, 0.15) is 26.3 Å². The fourth-order valence-electron chi connectivity index (χ4n) is 5.35. The number of esters is 2. The van der Waals surface area contributed by atoms with E-state index in [1.54, 1.807) is 6.07 Å². The molecule has 5 rings (SSSR count). The third kappa shape index (κ3) is 8.66. The number of methoxy groups -OCH3 is 3. The molecule has 282 valence electrons. The van der Waals surface area contributed by atoms with Crippen LogP contribution in [0.3, 0.4) is 0 Å². The molecule has 0 saturated carbocycles. The molecule has 17 heteroatoms. The minimum Gasteiger partial charge on any atom is -0.508 e. The lowest BCUT2D eigenvalue weighted by atomic mass is 9.99. The zero-order chi connectivity index (χ0) is 37.6. The molecule has 52 heavy (non-hydrogen) atoms. The van der Waals surface area contributed by atoms with E-state index in [1.807, 2.05) is 0 Å². The summed E-state index contributed by atoms with van der Waals surface area (Å²) in [5.74, 6) is -0.516. The molecular formula is C35H40O17. The Labute approximate surface area is 297 Å². The summed E-state index contributed by atoms with van der Waals surface area (Å²) in [4.78, 5) is 25.0. The van der Waals surface area contributed by atoms with Crippen molar-refractivity contribution in [1.29, 1.82) is 0 Å². The summed E-state index contributed by atoms with van der Waals surface area (Å²) in [5, 5.41) is 63.0. The van der Waals surface area contributed by atoms with Crippen LogP contribution >= 0.6 is 0 Å². The number of aliphatic hydroxyl groups is 5. The number of hydrogen-bond acceptors (Lipinski definition) is 17. The molecule has 2 saturated heterocycles. The molecule has 0 aromatic heterocycles. The van der Waals surface area contributed by atoms with Gasteiger partial charge in [0.2, 0.25) is 6.29 Å². The zero-order valence-electron chi connectivity index (χ0n) is 28.3. The second-order valence-electron chi connectivity index (χ2n) is 11.9. The standard InChI is InChI=1S/C35H40O17/c1-44-22-11-7-20(13-25(22)46-3)32(42)49-16-35(43)17-50-34(30(35)40)48-15-26-27(37)28(38)29(39)33(52-26)51-23-10-4-18(12-24(23)45-2)14-47-31(41)19-5-8-21(36)9-6-19/h4-13,26-30,33-34,36-40,43H,14-17H2,1-3H3. The van der Waals surface area contributed by atoms with Gasteiger partial charge in [0.05, 0.1) is 45.7 Å². The van der Waals surface area contributed by atoms with Gasteiger partial charge >= 0.3 is 11.9 Å². The van der Waals surface area contributed by atoms with Crippen molar-refractivity contribution in [1.82, 2.24) is 0 Å². The van der Waals surface area contributed by atoms with E-state index < -0.39 is 80.5 Å². The first-order valence-electron chi connectivity index (χ1n) is 15.9. The Morgan fingerprint density at radius 3 is 2.08 bits per heavy atom. The molecule has 0 radical (unpaired) electrons. The van der Waals surface area contributed by atoms with Crippen LogP contribution in [0.4, 0.5) is 0 Å². The molecule has 0 amide bonds. The average Bonchev–Trinajstić information content (AvgIpc) is 3.44. The fourth-order valence-corrected chi connectivity index (χ4v) is 5.35. The number of phenolic OH excluding ortho intramolecular Hbond substituents is 1. The van der Waals surface area contributed by atoms with Crippen LogP contribution < -0.4 is 18.9 Å². The van der Waals surface area contributed by atoms with Gasteiger partial charge in [-0.1, -0.05) is 6.07 Å². The fraction of sp³-hybridized carbons (Fsp3) is 0.429. The Morgan fingerprint density at radius 2 is 1.38 bits per heavy atom. The second kappa shape index (κ2) is 16.7. The van der Waals surface area contributed by atoms with Crippen LogP contribution in [-0.4, -0.2) is 132 Å². The number of aliphatic hydroxyl groups excluding tert-OH is 4.